The normalized spacial score (nSPS) is 10.6. The minimum atomic E-state index is -3.18. The van der Waals surface area contributed by atoms with E-state index in [9.17, 15) is 28.1 Å². The van der Waals surface area contributed by atoms with Gasteiger partial charge in [-0.25, -0.2) is 13.2 Å². The van der Waals surface area contributed by atoms with Crippen molar-refractivity contribution in [2.24, 2.45) is 0 Å². The van der Waals surface area contributed by atoms with Crippen LogP contribution in [0.15, 0.2) is 6.07 Å². The predicted octanol–water partition coefficient (Wildman–Crippen LogP) is 1.69. The molecule has 1 N–H and O–H groups in total. The maximum atomic E-state index is 13.3. The summed E-state index contributed by atoms with van der Waals surface area (Å²) >= 11 is 0. The fourth-order valence-electron chi connectivity index (χ4n) is 1.12. The topological polar surface area (TPSA) is 93.3 Å². The highest BCUT2D eigenvalue weighted by atomic mass is 19.3. The van der Waals surface area contributed by atoms with Gasteiger partial charge in [-0.2, -0.15) is 0 Å². The molecule has 0 aliphatic rings. The van der Waals surface area contributed by atoms with E-state index in [2.05, 4.69) is 4.98 Å². The van der Waals surface area contributed by atoms with Crippen LogP contribution in [0.5, 0.6) is 0 Å². The summed E-state index contributed by atoms with van der Waals surface area (Å²) in [5, 5.41) is 18.9. The first-order valence-electron chi connectivity index (χ1n) is 4.16. The van der Waals surface area contributed by atoms with Crippen LogP contribution in [-0.2, 0) is 11.2 Å². The number of hydrogen-bond acceptors (Lipinski definition) is 4. The Morgan fingerprint density at radius 3 is 2.59 bits per heavy atom. The molecular formula is C8H5F3N2O4. The third-order valence-electron chi connectivity index (χ3n) is 1.79. The molecule has 0 spiro atoms. The van der Waals surface area contributed by atoms with E-state index in [0.717, 1.165) is 0 Å². The molecule has 0 aromatic carbocycles. The highest BCUT2D eigenvalue weighted by molar-refractivity contribution is 5.71. The quantitative estimate of drug-likeness (QED) is 0.648. The second-order valence-corrected chi connectivity index (χ2v) is 2.96. The van der Waals surface area contributed by atoms with Gasteiger partial charge in [0.05, 0.1) is 12.0 Å². The van der Waals surface area contributed by atoms with Crippen LogP contribution in [0, 0.1) is 15.9 Å². The first kappa shape index (κ1) is 12.9. The fraction of sp³-hybridized carbons (Fsp3) is 0.250. The number of rotatable bonds is 4. The van der Waals surface area contributed by atoms with Crippen molar-refractivity contribution >= 4 is 11.8 Å². The number of halogens is 3. The van der Waals surface area contributed by atoms with E-state index in [0.29, 0.717) is 0 Å². The first-order chi connectivity index (χ1) is 7.82. The number of carboxylic acids is 1. The number of nitro groups is 1. The van der Waals surface area contributed by atoms with Gasteiger partial charge in [0.2, 0.25) is 5.69 Å². The number of carbonyl (C=O) groups is 1. The molecule has 17 heavy (non-hydrogen) atoms. The van der Waals surface area contributed by atoms with Crippen LogP contribution in [0.2, 0.25) is 0 Å². The number of carboxylic acid groups (broad SMARTS) is 1. The van der Waals surface area contributed by atoms with Crippen LogP contribution >= 0.6 is 0 Å². The number of pyridine rings is 1. The van der Waals surface area contributed by atoms with Gasteiger partial charge < -0.3 is 15.2 Å². The number of aliphatic carboxylic acids is 1. The van der Waals surface area contributed by atoms with E-state index < -0.39 is 46.6 Å². The lowest BCUT2D eigenvalue weighted by atomic mass is 10.1. The van der Waals surface area contributed by atoms with Crippen molar-refractivity contribution in [1.82, 2.24) is 4.98 Å². The molecule has 1 heterocycles. The lowest BCUT2D eigenvalue weighted by molar-refractivity contribution is -0.390. The molecule has 0 atom stereocenters. The molecule has 0 aliphatic heterocycles. The molecule has 0 saturated heterocycles. The molecule has 1 aromatic heterocycles. The Bertz CT molecular complexity index is 478. The van der Waals surface area contributed by atoms with Crippen LogP contribution < -0.4 is 0 Å². The summed E-state index contributed by atoms with van der Waals surface area (Å²) in [5.74, 6) is -4.12. The minimum Gasteiger partial charge on any atom is -0.481 e. The zero-order valence-corrected chi connectivity index (χ0v) is 8.06. The second kappa shape index (κ2) is 4.76. The summed E-state index contributed by atoms with van der Waals surface area (Å²) in [4.78, 5) is 22.6. The summed E-state index contributed by atoms with van der Waals surface area (Å²) in [6.07, 6.45) is -4.18. The third-order valence-corrected chi connectivity index (χ3v) is 1.79. The maximum absolute atomic E-state index is 13.3. The first-order valence-corrected chi connectivity index (χ1v) is 4.16. The van der Waals surface area contributed by atoms with Gasteiger partial charge in [-0.1, -0.05) is 0 Å². The lowest BCUT2D eigenvalue weighted by Crippen LogP contribution is -2.09. The molecule has 0 radical (unpaired) electrons. The molecule has 0 saturated carbocycles. The minimum absolute atomic E-state index is 0.288. The fourth-order valence-corrected chi connectivity index (χ4v) is 1.12. The Hall–Kier alpha value is -2.19. The highest BCUT2D eigenvalue weighted by Gasteiger charge is 2.27. The molecule has 9 heteroatoms. The molecule has 0 aliphatic carbocycles. The molecule has 1 rings (SSSR count). The van der Waals surface area contributed by atoms with Gasteiger partial charge >= 0.3 is 18.2 Å². The van der Waals surface area contributed by atoms with Gasteiger partial charge in [-0.3, -0.25) is 4.79 Å². The monoisotopic (exact) mass is 250 g/mol. The summed E-state index contributed by atoms with van der Waals surface area (Å²) < 4.78 is 37.7. The van der Waals surface area contributed by atoms with E-state index >= 15 is 0 Å². The van der Waals surface area contributed by atoms with Crippen molar-refractivity contribution in [3.05, 3.63) is 33.3 Å². The largest absolute Gasteiger partial charge is 0.481 e. The van der Waals surface area contributed by atoms with Crippen molar-refractivity contribution in [2.45, 2.75) is 12.8 Å². The van der Waals surface area contributed by atoms with Gasteiger partial charge in [0.25, 0.3) is 0 Å². The molecular weight excluding hydrogens is 245 g/mol. The zero-order chi connectivity index (χ0) is 13.2. The van der Waals surface area contributed by atoms with Gasteiger partial charge in [-0.05, 0) is 9.91 Å². The van der Waals surface area contributed by atoms with Crippen LogP contribution in [0.3, 0.4) is 0 Å². The maximum Gasteiger partial charge on any atom is 0.370 e. The van der Waals surface area contributed by atoms with Crippen LogP contribution in [0.25, 0.3) is 0 Å². The molecule has 0 fully saturated rings. The van der Waals surface area contributed by atoms with Crippen molar-refractivity contribution in [3.8, 4) is 0 Å². The van der Waals surface area contributed by atoms with Crippen LogP contribution in [0.1, 0.15) is 17.7 Å². The van der Waals surface area contributed by atoms with Crippen molar-refractivity contribution in [3.63, 3.8) is 0 Å². The third kappa shape index (κ3) is 2.89. The molecule has 1 aromatic rings. The van der Waals surface area contributed by atoms with E-state index in [4.69, 9.17) is 5.11 Å². The Kier molecular flexibility index (Phi) is 3.61. The number of hydrogen-bond donors (Lipinski definition) is 1. The molecule has 92 valence electrons. The Labute approximate surface area is 91.9 Å². The summed E-state index contributed by atoms with van der Waals surface area (Å²) in [6.45, 7) is 0. The average Bonchev–Trinajstić information content (AvgIpc) is 2.19. The summed E-state index contributed by atoms with van der Waals surface area (Å²) in [7, 11) is 0. The van der Waals surface area contributed by atoms with E-state index in [1.165, 1.54) is 0 Å². The van der Waals surface area contributed by atoms with Crippen LogP contribution in [-0.4, -0.2) is 21.0 Å². The zero-order valence-electron chi connectivity index (χ0n) is 8.06. The SMILES string of the molecule is O=C(O)Cc1c(F)cc(C(F)F)nc1[N+](=O)[O-]. The Morgan fingerprint density at radius 1 is 1.59 bits per heavy atom. The van der Waals surface area contributed by atoms with Gasteiger partial charge in [0, 0.05) is 6.07 Å². The number of aromatic nitrogens is 1. The van der Waals surface area contributed by atoms with Gasteiger partial charge in [0.1, 0.15) is 5.82 Å². The number of alkyl halides is 2. The predicted molar refractivity (Wildman–Crippen MR) is 47.1 cm³/mol. The van der Waals surface area contributed by atoms with Crippen molar-refractivity contribution in [2.75, 3.05) is 0 Å². The smallest absolute Gasteiger partial charge is 0.370 e. The van der Waals surface area contributed by atoms with Crippen molar-refractivity contribution < 1.29 is 28.0 Å². The van der Waals surface area contributed by atoms with Crippen LogP contribution in [0.4, 0.5) is 19.0 Å². The van der Waals surface area contributed by atoms with E-state index in [-0.39, 0.29) is 6.07 Å². The molecule has 0 bridgehead atoms. The Balaban J connectivity index is 3.38. The summed E-state index contributed by atoms with van der Waals surface area (Å²) in [5.41, 5.74) is -1.93. The second-order valence-electron chi connectivity index (χ2n) is 2.96. The Morgan fingerprint density at radius 2 is 2.18 bits per heavy atom. The molecule has 6 nitrogen and oxygen atoms in total. The lowest BCUT2D eigenvalue weighted by Gasteiger charge is -2.03. The van der Waals surface area contributed by atoms with Crippen molar-refractivity contribution in [1.29, 1.82) is 0 Å². The standard InChI is InChI=1S/C8H5F3N2O4/c9-4-2-5(7(10)11)12-8(13(16)17)3(4)1-6(14)15/h2,7H,1H2,(H,14,15). The van der Waals surface area contributed by atoms with E-state index in [1.807, 2.05) is 0 Å². The molecule has 0 unspecified atom stereocenters. The van der Waals surface area contributed by atoms with E-state index in [1.54, 1.807) is 0 Å². The highest BCUT2D eigenvalue weighted by Crippen LogP contribution is 2.25. The number of nitrogens with zero attached hydrogens (tertiary/aromatic N) is 2. The average molecular weight is 250 g/mol. The molecule has 0 amide bonds. The summed E-state index contributed by atoms with van der Waals surface area (Å²) in [6, 6.07) is 0.288. The van der Waals surface area contributed by atoms with Gasteiger partial charge in [0.15, 0.2) is 0 Å². The van der Waals surface area contributed by atoms with Gasteiger partial charge in [-0.15, -0.1) is 0 Å².